The van der Waals surface area contributed by atoms with Crippen LogP contribution in [0.15, 0.2) is 22.8 Å². The molecule has 2 nitrogen and oxygen atoms in total. The van der Waals surface area contributed by atoms with Crippen LogP contribution in [-0.4, -0.2) is 4.98 Å². The van der Waals surface area contributed by atoms with E-state index in [0.717, 1.165) is 10.2 Å². The van der Waals surface area contributed by atoms with Crippen molar-refractivity contribution >= 4 is 15.9 Å². The van der Waals surface area contributed by atoms with E-state index >= 15 is 0 Å². The van der Waals surface area contributed by atoms with Crippen LogP contribution in [-0.2, 0) is 0 Å². The predicted octanol–water partition coefficient (Wildman–Crippen LogP) is 3.81. The highest BCUT2D eigenvalue weighted by molar-refractivity contribution is 9.10. The van der Waals surface area contributed by atoms with Gasteiger partial charge < -0.3 is 5.73 Å². The first kappa shape index (κ1) is 12.1. The Morgan fingerprint density at radius 2 is 1.88 bits per heavy atom. The number of nitrogens with two attached hydrogens (primary N) is 1. The minimum Gasteiger partial charge on any atom is -0.322 e. The van der Waals surface area contributed by atoms with Gasteiger partial charge in [0, 0.05) is 16.7 Å². The van der Waals surface area contributed by atoms with Crippen molar-refractivity contribution in [3.8, 4) is 0 Å². The molecule has 0 amide bonds. The molecule has 0 radical (unpaired) electrons. The van der Waals surface area contributed by atoms with E-state index < -0.39 is 0 Å². The second kappa shape index (κ2) is 5.78. The molecule has 1 aliphatic carbocycles. The molecule has 0 aliphatic heterocycles. The van der Waals surface area contributed by atoms with E-state index in [-0.39, 0.29) is 6.04 Å². The van der Waals surface area contributed by atoms with Gasteiger partial charge in [-0.1, -0.05) is 25.7 Å². The Labute approximate surface area is 106 Å². The summed E-state index contributed by atoms with van der Waals surface area (Å²) in [5.41, 5.74) is 7.35. The number of nitrogens with zero attached hydrogens (tertiary/aromatic N) is 1. The molecule has 0 saturated heterocycles. The van der Waals surface area contributed by atoms with Crippen LogP contribution in [0.2, 0.25) is 0 Å². The Morgan fingerprint density at radius 1 is 1.19 bits per heavy atom. The van der Waals surface area contributed by atoms with Crippen molar-refractivity contribution in [2.75, 3.05) is 0 Å². The molecule has 3 heteroatoms. The van der Waals surface area contributed by atoms with Gasteiger partial charge in [0.05, 0.1) is 5.69 Å². The highest BCUT2D eigenvalue weighted by Gasteiger charge is 2.21. The molecule has 1 saturated carbocycles. The highest BCUT2D eigenvalue weighted by atomic mass is 79.9. The number of hydrogen-bond acceptors (Lipinski definition) is 2. The van der Waals surface area contributed by atoms with Gasteiger partial charge in [-0.25, -0.2) is 0 Å². The molecule has 88 valence electrons. The number of aromatic nitrogens is 1. The van der Waals surface area contributed by atoms with Crippen LogP contribution in [0.25, 0.3) is 0 Å². The number of halogens is 1. The van der Waals surface area contributed by atoms with Gasteiger partial charge in [-0.05, 0) is 46.8 Å². The molecular formula is C13H19BrN2. The van der Waals surface area contributed by atoms with Crippen molar-refractivity contribution in [2.45, 2.75) is 44.6 Å². The first-order chi connectivity index (χ1) is 7.77. The van der Waals surface area contributed by atoms with Crippen molar-refractivity contribution in [1.82, 2.24) is 4.98 Å². The summed E-state index contributed by atoms with van der Waals surface area (Å²) in [5, 5.41) is 0. The lowest BCUT2D eigenvalue weighted by molar-refractivity contribution is 0.377. The fraction of sp³-hybridized carbons (Fsp3) is 0.615. The van der Waals surface area contributed by atoms with E-state index in [9.17, 15) is 0 Å². The molecule has 2 rings (SSSR count). The standard InChI is InChI=1S/C13H19BrN2/c14-11-7-8-12(16-9-11)13(15)10-5-3-1-2-4-6-10/h7-10,13H,1-6,15H2. The maximum atomic E-state index is 6.31. The largest absolute Gasteiger partial charge is 0.322 e. The number of hydrogen-bond donors (Lipinski definition) is 1. The number of pyridine rings is 1. The van der Waals surface area contributed by atoms with Crippen LogP contribution < -0.4 is 5.73 Å². The van der Waals surface area contributed by atoms with Crippen molar-refractivity contribution in [3.05, 3.63) is 28.5 Å². The zero-order chi connectivity index (χ0) is 11.4. The molecule has 1 aromatic heterocycles. The molecular weight excluding hydrogens is 264 g/mol. The maximum absolute atomic E-state index is 6.31. The van der Waals surface area contributed by atoms with E-state index in [4.69, 9.17) is 5.73 Å². The zero-order valence-electron chi connectivity index (χ0n) is 9.53. The smallest absolute Gasteiger partial charge is 0.0574 e. The lowest BCUT2D eigenvalue weighted by atomic mass is 9.90. The topological polar surface area (TPSA) is 38.9 Å². The van der Waals surface area contributed by atoms with Crippen LogP contribution in [0.4, 0.5) is 0 Å². The zero-order valence-corrected chi connectivity index (χ0v) is 11.1. The third-order valence-electron chi connectivity index (χ3n) is 3.50. The van der Waals surface area contributed by atoms with Crippen LogP contribution in [0.3, 0.4) is 0 Å². The average Bonchev–Trinajstić information content (AvgIpc) is 2.57. The van der Waals surface area contributed by atoms with Gasteiger partial charge in [0.2, 0.25) is 0 Å². The van der Waals surface area contributed by atoms with Crippen LogP contribution in [0, 0.1) is 5.92 Å². The molecule has 1 unspecified atom stereocenters. The summed E-state index contributed by atoms with van der Waals surface area (Å²) in [7, 11) is 0. The van der Waals surface area contributed by atoms with Crippen molar-refractivity contribution in [2.24, 2.45) is 11.7 Å². The Balaban J connectivity index is 2.04. The summed E-state index contributed by atoms with van der Waals surface area (Å²) in [6, 6.07) is 4.18. The van der Waals surface area contributed by atoms with Crippen LogP contribution >= 0.6 is 15.9 Å². The molecule has 0 bridgehead atoms. The van der Waals surface area contributed by atoms with Gasteiger partial charge in [0.15, 0.2) is 0 Å². The summed E-state index contributed by atoms with van der Waals surface area (Å²) in [5.74, 6) is 0.621. The summed E-state index contributed by atoms with van der Waals surface area (Å²) in [4.78, 5) is 4.41. The minimum atomic E-state index is 0.117. The summed E-state index contributed by atoms with van der Waals surface area (Å²) >= 11 is 3.40. The molecule has 2 N–H and O–H groups in total. The molecule has 0 spiro atoms. The third-order valence-corrected chi connectivity index (χ3v) is 3.97. The molecule has 0 aromatic carbocycles. The van der Waals surface area contributed by atoms with Gasteiger partial charge in [0.1, 0.15) is 0 Å². The third kappa shape index (κ3) is 3.05. The summed E-state index contributed by atoms with van der Waals surface area (Å²) < 4.78 is 1.02. The van der Waals surface area contributed by atoms with E-state index in [1.165, 1.54) is 38.5 Å². The van der Waals surface area contributed by atoms with E-state index in [0.29, 0.717) is 5.92 Å². The lowest BCUT2D eigenvalue weighted by Gasteiger charge is -2.21. The van der Waals surface area contributed by atoms with Gasteiger partial charge in [-0.2, -0.15) is 0 Å². The van der Waals surface area contributed by atoms with Crippen molar-refractivity contribution < 1.29 is 0 Å². The number of rotatable bonds is 2. The van der Waals surface area contributed by atoms with Crippen LogP contribution in [0.1, 0.15) is 50.3 Å². The molecule has 16 heavy (non-hydrogen) atoms. The predicted molar refractivity (Wildman–Crippen MR) is 70.1 cm³/mol. The molecule has 1 aliphatic rings. The second-order valence-electron chi connectivity index (χ2n) is 4.68. The quantitative estimate of drug-likeness (QED) is 0.838. The van der Waals surface area contributed by atoms with Gasteiger partial charge >= 0.3 is 0 Å². The minimum absolute atomic E-state index is 0.117. The Bertz CT molecular complexity index is 315. The molecule has 1 atom stereocenters. The Kier molecular flexibility index (Phi) is 4.36. The van der Waals surface area contributed by atoms with Crippen molar-refractivity contribution in [1.29, 1.82) is 0 Å². The lowest BCUT2D eigenvalue weighted by Crippen LogP contribution is -2.22. The van der Waals surface area contributed by atoms with E-state index in [1.807, 2.05) is 18.3 Å². The monoisotopic (exact) mass is 282 g/mol. The highest BCUT2D eigenvalue weighted by Crippen LogP contribution is 2.31. The average molecular weight is 283 g/mol. The van der Waals surface area contributed by atoms with Gasteiger partial charge in [-0.3, -0.25) is 4.98 Å². The van der Waals surface area contributed by atoms with Gasteiger partial charge in [-0.15, -0.1) is 0 Å². The van der Waals surface area contributed by atoms with E-state index in [2.05, 4.69) is 20.9 Å². The first-order valence-electron chi connectivity index (χ1n) is 6.14. The van der Waals surface area contributed by atoms with E-state index in [1.54, 1.807) is 0 Å². The maximum Gasteiger partial charge on any atom is 0.0574 e. The fourth-order valence-electron chi connectivity index (χ4n) is 2.50. The van der Waals surface area contributed by atoms with Crippen molar-refractivity contribution in [3.63, 3.8) is 0 Å². The normalized spacial score (nSPS) is 20.4. The molecule has 1 fully saturated rings. The molecule has 1 aromatic rings. The first-order valence-corrected chi connectivity index (χ1v) is 6.93. The Hall–Kier alpha value is -0.410. The summed E-state index contributed by atoms with van der Waals surface area (Å²) in [6.07, 6.45) is 9.77. The summed E-state index contributed by atoms with van der Waals surface area (Å²) in [6.45, 7) is 0. The SMILES string of the molecule is NC(c1ccc(Br)cn1)C1CCCCCC1. The van der Waals surface area contributed by atoms with Crippen LogP contribution in [0.5, 0.6) is 0 Å². The molecule has 1 heterocycles. The van der Waals surface area contributed by atoms with Gasteiger partial charge in [0.25, 0.3) is 0 Å². The Morgan fingerprint density at radius 3 is 2.44 bits per heavy atom. The second-order valence-corrected chi connectivity index (χ2v) is 5.59. The fourth-order valence-corrected chi connectivity index (χ4v) is 2.73.